The van der Waals surface area contributed by atoms with E-state index in [1.165, 1.54) is 19.3 Å². The topological polar surface area (TPSA) is 93.8 Å². The standard InChI is InChI=1S/C12H23N3O3S.HI/c13-12(15-10-4-2-1-3-5-10)14-8-11-9-19(16,17)7-6-18-11;/h10-11H,1-9H2,(H3,13,14,15);1H. The zero-order valence-electron chi connectivity index (χ0n) is 11.6. The van der Waals surface area contributed by atoms with E-state index in [2.05, 4.69) is 10.3 Å². The summed E-state index contributed by atoms with van der Waals surface area (Å²) in [5.74, 6) is 0.564. The second-order valence-electron chi connectivity index (χ2n) is 5.31. The molecule has 1 saturated carbocycles. The number of hydrogen-bond acceptors (Lipinski definition) is 4. The maximum atomic E-state index is 11.4. The molecular formula is C12H24IN3O3S. The van der Waals surface area contributed by atoms with Crippen molar-refractivity contribution in [3.63, 3.8) is 0 Å². The fourth-order valence-electron chi connectivity index (χ4n) is 2.56. The van der Waals surface area contributed by atoms with E-state index in [0.717, 1.165) is 12.8 Å². The Morgan fingerprint density at radius 1 is 1.30 bits per heavy atom. The van der Waals surface area contributed by atoms with Gasteiger partial charge in [0.2, 0.25) is 0 Å². The summed E-state index contributed by atoms with van der Waals surface area (Å²) in [5.41, 5.74) is 5.82. The summed E-state index contributed by atoms with van der Waals surface area (Å²) in [6.45, 7) is 0.573. The molecule has 1 aliphatic carbocycles. The fraction of sp³-hybridized carbons (Fsp3) is 0.917. The van der Waals surface area contributed by atoms with Crippen molar-refractivity contribution in [2.75, 3.05) is 24.7 Å². The molecule has 2 fully saturated rings. The lowest BCUT2D eigenvalue weighted by molar-refractivity contribution is 0.0782. The Morgan fingerprint density at radius 2 is 2.00 bits per heavy atom. The number of nitrogens with one attached hydrogen (secondary N) is 1. The summed E-state index contributed by atoms with van der Waals surface area (Å²) in [6, 6.07) is 0.411. The first-order valence-corrected chi connectivity index (χ1v) is 8.76. The first-order chi connectivity index (χ1) is 9.05. The summed E-state index contributed by atoms with van der Waals surface area (Å²) in [6.07, 6.45) is 5.66. The number of halogens is 1. The van der Waals surface area contributed by atoms with Crippen molar-refractivity contribution < 1.29 is 13.2 Å². The van der Waals surface area contributed by atoms with E-state index in [9.17, 15) is 8.42 Å². The van der Waals surface area contributed by atoms with Gasteiger partial charge in [-0.05, 0) is 12.8 Å². The molecule has 3 N–H and O–H groups in total. The van der Waals surface area contributed by atoms with Gasteiger partial charge >= 0.3 is 0 Å². The van der Waals surface area contributed by atoms with Crippen LogP contribution in [0.15, 0.2) is 4.99 Å². The first kappa shape index (κ1) is 18.0. The largest absolute Gasteiger partial charge is 0.374 e. The summed E-state index contributed by atoms with van der Waals surface area (Å²) in [4.78, 5) is 4.20. The molecule has 8 heteroatoms. The highest BCUT2D eigenvalue weighted by molar-refractivity contribution is 14.0. The molecule has 118 valence electrons. The summed E-state index contributed by atoms with van der Waals surface area (Å²) < 4.78 is 28.3. The van der Waals surface area contributed by atoms with Gasteiger partial charge in [-0.1, -0.05) is 19.3 Å². The number of hydrogen-bond donors (Lipinski definition) is 2. The molecule has 0 aromatic heterocycles. The molecule has 0 aromatic carbocycles. The van der Waals surface area contributed by atoms with Gasteiger partial charge < -0.3 is 15.8 Å². The molecule has 0 radical (unpaired) electrons. The zero-order chi connectivity index (χ0) is 13.7. The van der Waals surface area contributed by atoms with E-state index in [4.69, 9.17) is 10.5 Å². The monoisotopic (exact) mass is 417 g/mol. The molecule has 1 atom stereocenters. The van der Waals surface area contributed by atoms with Crippen molar-refractivity contribution >= 4 is 39.8 Å². The minimum Gasteiger partial charge on any atom is -0.374 e. The summed E-state index contributed by atoms with van der Waals surface area (Å²) >= 11 is 0. The van der Waals surface area contributed by atoms with Gasteiger partial charge in [0.05, 0.1) is 30.8 Å². The molecule has 0 aromatic rings. The number of sulfone groups is 1. The van der Waals surface area contributed by atoms with Crippen LogP contribution in [0.4, 0.5) is 0 Å². The van der Waals surface area contributed by atoms with E-state index in [1.807, 2.05) is 0 Å². The zero-order valence-corrected chi connectivity index (χ0v) is 14.7. The van der Waals surface area contributed by atoms with Gasteiger partial charge in [0.1, 0.15) is 0 Å². The summed E-state index contributed by atoms with van der Waals surface area (Å²) in [5, 5.41) is 3.20. The van der Waals surface area contributed by atoms with E-state index in [1.54, 1.807) is 0 Å². The third-order valence-corrected chi connectivity index (χ3v) is 5.28. The average Bonchev–Trinajstić information content (AvgIpc) is 2.36. The van der Waals surface area contributed by atoms with Gasteiger partial charge in [-0.2, -0.15) is 0 Å². The molecule has 0 spiro atoms. The minimum absolute atomic E-state index is 0. The van der Waals surface area contributed by atoms with Crippen molar-refractivity contribution in [1.82, 2.24) is 5.32 Å². The maximum absolute atomic E-state index is 11.4. The molecular weight excluding hydrogens is 393 g/mol. The lowest BCUT2D eigenvalue weighted by Crippen LogP contribution is -2.42. The van der Waals surface area contributed by atoms with Crippen molar-refractivity contribution in [2.45, 2.75) is 44.2 Å². The lowest BCUT2D eigenvalue weighted by Gasteiger charge is -2.24. The molecule has 6 nitrogen and oxygen atoms in total. The first-order valence-electron chi connectivity index (χ1n) is 6.94. The molecule has 0 bridgehead atoms. The molecule has 2 rings (SSSR count). The van der Waals surface area contributed by atoms with Crippen LogP contribution < -0.4 is 11.1 Å². The number of ether oxygens (including phenoxy) is 1. The molecule has 1 unspecified atom stereocenters. The fourth-order valence-corrected chi connectivity index (χ4v) is 3.85. The molecule has 2 aliphatic rings. The van der Waals surface area contributed by atoms with E-state index < -0.39 is 9.84 Å². The normalized spacial score (nSPS) is 27.6. The third-order valence-electron chi connectivity index (χ3n) is 3.61. The van der Waals surface area contributed by atoms with Crippen LogP contribution in [0.3, 0.4) is 0 Å². The van der Waals surface area contributed by atoms with Gasteiger partial charge in [-0.25, -0.2) is 8.42 Å². The van der Waals surface area contributed by atoms with Crippen molar-refractivity contribution in [2.24, 2.45) is 10.7 Å². The molecule has 1 saturated heterocycles. The van der Waals surface area contributed by atoms with Gasteiger partial charge in [0.15, 0.2) is 15.8 Å². The highest BCUT2D eigenvalue weighted by atomic mass is 127. The van der Waals surface area contributed by atoms with Crippen molar-refractivity contribution in [3.05, 3.63) is 0 Å². The van der Waals surface area contributed by atoms with Crippen LogP contribution in [-0.2, 0) is 14.6 Å². The molecule has 0 amide bonds. The van der Waals surface area contributed by atoms with Crippen LogP contribution in [0.1, 0.15) is 32.1 Å². The Morgan fingerprint density at radius 3 is 2.65 bits per heavy atom. The predicted octanol–water partition coefficient (Wildman–Crippen LogP) is 0.655. The molecule has 20 heavy (non-hydrogen) atoms. The Bertz CT molecular complexity index is 422. The number of aliphatic imine (C=N–C) groups is 1. The number of rotatable bonds is 3. The van der Waals surface area contributed by atoms with Crippen LogP contribution in [0, 0.1) is 0 Å². The van der Waals surface area contributed by atoms with Crippen molar-refractivity contribution in [1.29, 1.82) is 0 Å². The Balaban J connectivity index is 0.00000200. The summed E-state index contributed by atoms with van der Waals surface area (Å²) in [7, 11) is -2.96. The third kappa shape index (κ3) is 6.13. The number of nitrogens with two attached hydrogens (primary N) is 1. The van der Waals surface area contributed by atoms with E-state index in [-0.39, 0.29) is 48.2 Å². The molecule has 1 heterocycles. The van der Waals surface area contributed by atoms with E-state index >= 15 is 0 Å². The van der Waals surface area contributed by atoms with Crippen LogP contribution in [0.25, 0.3) is 0 Å². The smallest absolute Gasteiger partial charge is 0.188 e. The van der Waals surface area contributed by atoms with Gasteiger partial charge in [0.25, 0.3) is 0 Å². The Hall–Kier alpha value is -0.0900. The van der Waals surface area contributed by atoms with E-state index in [0.29, 0.717) is 18.5 Å². The van der Waals surface area contributed by atoms with Gasteiger partial charge in [-0.15, -0.1) is 24.0 Å². The maximum Gasteiger partial charge on any atom is 0.188 e. The van der Waals surface area contributed by atoms with Crippen LogP contribution in [0.2, 0.25) is 0 Å². The quantitative estimate of drug-likeness (QED) is 0.400. The Labute approximate surface area is 137 Å². The lowest BCUT2D eigenvalue weighted by atomic mass is 9.96. The Kier molecular flexibility index (Phi) is 7.52. The van der Waals surface area contributed by atoms with Gasteiger partial charge in [-0.3, -0.25) is 4.99 Å². The number of nitrogens with zero attached hydrogens (tertiary/aromatic N) is 1. The SMILES string of the molecule is I.NC(=NCC1CS(=O)(=O)CCO1)NC1CCCCC1. The van der Waals surface area contributed by atoms with Crippen LogP contribution in [0.5, 0.6) is 0 Å². The predicted molar refractivity (Wildman–Crippen MR) is 90.3 cm³/mol. The van der Waals surface area contributed by atoms with Crippen LogP contribution >= 0.6 is 24.0 Å². The second-order valence-corrected chi connectivity index (χ2v) is 7.54. The minimum atomic E-state index is -2.96. The van der Waals surface area contributed by atoms with Gasteiger partial charge in [0, 0.05) is 6.04 Å². The molecule has 1 aliphatic heterocycles. The average molecular weight is 417 g/mol. The highest BCUT2D eigenvalue weighted by Crippen LogP contribution is 2.17. The number of guanidine groups is 1. The second kappa shape index (κ2) is 8.38. The highest BCUT2D eigenvalue weighted by Gasteiger charge is 2.25. The van der Waals surface area contributed by atoms with Crippen LogP contribution in [-0.4, -0.2) is 51.2 Å². The van der Waals surface area contributed by atoms with Crippen molar-refractivity contribution in [3.8, 4) is 0 Å².